The van der Waals surface area contributed by atoms with E-state index >= 15 is 0 Å². The maximum Gasteiger partial charge on any atom is 0.257 e. The standard InChI is InChI=1S/C22H23N3O4S2/c1-4-13-25(14-5-2)31(27,28)18-10-7-16(8-11-18)21(26)24-22-23-19-12-9-17(29-6-3)15-20(19)30-22/h4-5,7-12,15H,1-2,6,13-14H2,3H3,(H,23,24,26). The third-order valence-corrected chi connectivity index (χ3v) is 7.09. The molecule has 31 heavy (non-hydrogen) atoms. The van der Waals surface area contributed by atoms with Crippen molar-refractivity contribution in [3.8, 4) is 5.75 Å². The molecule has 1 N–H and O–H groups in total. The first-order valence-corrected chi connectivity index (χ1v) is 11.8. The van der Waals surface area contributed by atoms with Gasteiger partial charge in [-0.2, -0.15) is 4.31 Å². The Hall–Kier alpha value is -3.01. The number of ether oxygens (including phenoxy) is 1. The van der Waals surface area contributed by atoms with Crippen LogP contribution in [0, 0.1) is 0 Å². The molecule has 0 radical (unpaired) electrons. The number of amides is 1. The Labute approximate surface area is 185 Å². The summed E-state index contributed by atoms with van der Waals surface area (Å²) < 4.78 is 33.2. The number of aromatic nitrogens is 1. The average Bonchev–Trinajstić information content (AvgIpc) is 3.15. The minimum absolute atomic E-state index is 0.0937. The van der Waals surface area contributed by atoms with E-state index in [-0.39, 0.29) is 23.9 Å². The van der Waals surface area contributed by atoms with Crippen LogP contribution in [0.2, 0.25) is 0 Å². The van der Waals surface area contributed by atoms with Crippen molar-refractivity contribution in [2.24, 2.45) is 0 Å². The van der Waals surface area contributed by atoms with Crippen molar-refractivity contribution in [1.29, 1.82) is 0 Å². The van der Waals surface area contributed by atoms with E-state index < -0.39 is 10.0 Å². The summed E-state index contributed by atoms with van der Waals surface area (Å²) in [4.78, 5) is 17.1. The number of benzene rings is 2. The Bertz CT molecular complexity index is 1190. The molecule has 0 spiro atoms. The SMILES string of the molecule is C=CCN(CC=C)S(=O)(=O)c1ccc(C(=O)Nc2nc3ccc(OCC)cc3s2)cc1. The Balaban J connectivity index is 1.76. The van der Waals surface area contributed by atoms with Crippen molar-refractivity contribution in [2.75, 3.05) is 25.0 Å². The predicted molar refractivity (Wildman–Crippen MR) is 124 cm³/mol. The highest BCUT2D eigenvalue weighted by Gasteiger charge is 2.22. The van der Waals surface area contributed by atoms with Crippen LogP contribution in [-0.2, 0) is 10.0 Å². The Morgan fingerprint density at radius 2 is 1.84 bits per heavy atom. The van der Waals surface area contributed by atoms with Crippen molar-refractivity contribution in [1.82, 2.24) is 9.29 Å². The van der Waals surface area contributed by atoms with Crippen molar-refractivity contribution >= 4 is 42.6 Å². The van der Waals surface area contributed by atoms with Gasteiger partial charge in [-0.3, -0.25) is 10.1 Å². The maximum atomic E-state index is 12.8. The van der Waals surface area contributed by atoms with Gasteiger partial charge in [-0.1, -0.05) is 23.5 Å². The highest BCUT2D eigenvalue weighted by atomic mass is 32.2. The largest absolute Gasteiger partial charge is 0.494 e. The molecule has 0 aliphatic carbocycles. The van der Waals surface area contributed by atoms with Crippen molar-refractivity contribution in [3.63, 3.8) is 0 Å². The van der Waals surface area contributed by atoms with Crippen LogP contribution in [0.25, 0.3) is 10.2 Å². The van der Waals surface area contributed by atoms with Crippen LogP contribution in [0.3, 0.4) is 0 Å². The van der Waals surface area contributed by atoms with E-state index in [1.165, 1.54) is 52.1 Å². The molecule has 2 aromatic carbocycles. The van der Waals surface area contributed by atoms with E-state index in [0.29, 0.717) is 17.3 Å². The lowest BCUT2D eigenvalue weighted by Gasteiger charge is -2.19. The van der Waals surface area contributed by atoms with E-state index in [1.54, 1.807) is 0 Å². The van der Waals surface area contributed by atoms with Crippen LogP contribution in [0.1, 0.15) is 17.3 Å². The van der Waals surface area contributed by atoms with Gasteiger partial charge in [0.05, 0.1) is 21.7 Å². The second-order valence-corrected chi connectivity index (χ2v) is 9.43. The summed E-state index contributed by atoms with van der Waals surface area (Å²) in [6.07, 6.45) is 3.02. The van der Waals surface area contributed by atoms with Gasteiger partial charge in [0.25, 0.3) is 5.91 Å². The lowest BCUT2D eigenvalue weighted by atomic mass is 10.2. The first-order valence-electron chi connectivity index (χ1n) is 9.55. The molecule has 0 atom stereocenters. The number of hydrogen-bond acceptors (Lipinski definition) is 6. The van der Waals surface area contributed by atoms with Gasteiger partial charge in [0.15, 0.2) is 5.13 Å². The summed E-state index contributed by atoms with van der Waals surface area (Å²) in [5.41, 5.74) is 1.09. The summed E-state index contributed by atoms with van der Waals surface area (Å²) >= 11 is 1.34. The molecular formula is C22H23N3O4S2. The van der Waals surface area contributed by atoms with Crippen LogP contribution >= 0.6 is 11.3 Å². The zero-order chi connectivity index (χ0) is 22.4. The molecule has 0 bridgehead atoms. The second-order valence-electron chi connectivity index (χ2n) is 6.46. The van der Waals surface area contributed by atoms with Gasteiger partial charge in [-0.25, -0.2) is 13.4 Å². The third kappa shape index (κ3) is 5.19. The number of thiazole rings is 1. The molecule has 162 valence electrons. The van der Waals surface area contributed by atoms with Crippen LogP contribution in [0.15, 0.2) is 72.7 Å². The number of fused-ring (bicyclic) bond motifs is 1. The van der Waals surface area contributed by atoms with Crippen LogP contribution in [0.4, 0.5) is 5.13 Å². The number of carbonyl (C=O) groups excluding carboxylic acids is 1. The van der Waals surface area contributed by atoms with Gasteiger partial charge in [-0.05, 0) is 49.4 Å². The van der Waals surface area contributed by atoms with Gasteiger partial charge in [-0.15, -0.1) is 13.2 Å². The smallest absolute Gasteiger partial charge is 0.257 e. The number of rotatable bonds is 10. The maximum absolute atomic E-state index is 12.8. The fourth-order valence-electron chi connectivity index (χ4n) is 2.87. The molecule has 7 nitrogen and oxygen atoms in total. The van der Waals surface area contributed by atoms with Crippen molar-refractivity contribution < 1.29 is 17.9 Å². The monoisotopic (exact) mass is 457 g/mol. The van der Waals surface area contributed by atoms with E-state index in [4.69, 9.17) is 4.74 Å². The topological polar surface area (TPSA) is 88.6 Å². The number of anilines is 1. The van der Waals surface area contributed by atoms with Gasteiger partial charge in [0.1, 0.15) is 5.75 Å². The van der Waals surface area contributed by atoms with Crippen LogP contribution < -0.4 is 10.1 Å². The first-order chi connectivity index (χ1) is 14.9. The number of nitrogens with zero attached hydrogens (tertiary/aromatic N) is 2. The number of hydrogen-bond donors (Lipinski definition) is 1. The third-order valence-electron chi connectivity index (χ3n) is 4.31. The fourth-order valence-corrected chi connectivity index (χ4v) is 5.14. The molecule has 1 amide bonds. The van der Waals surface area contributed by atoms with E-state index in [9.17, 15) is 13.2 Å². The lowest BCUT2D eigenvalue weighted by molar-refractivity contribution is 0.102. The Morgan fingerprint density at radius 1 is 1.16 bits per heavy atom. The summed E-state index contributed by atoms with van der Waals surface area (Å²) in [6.45, 7) is 9.99. The van der Waals surface area contributed by atoms with E-state index in [1.807, 2.05) is 25.1 Å². The van der Waals surface area contributed by atoms with Crippen LogP contribution in [0.5, 0.6) is 5.75 Å². The van der Waals surface area contributed by atoms with Gasteiger partial charge in [0.2, 0.25) is 10.0 Å². The fraction of sp³-hybridized carbons (Fsp3) is 0.182. The Kier molecular flexibility index (Phi) is 7.21. The number of nitrogens with one attached hydrogen (secondary N) is 1. The Morgan fingerprint density at radius 3 is 2.45 bits per heavy atom. The molecule has 0 unspecified atom stereocenters. The van der Waals surface area contributed by atoms with Crippen LogP contribution in [-0.4, -0.2) is 43.3 Å². The molecule has 3 aromatic rings. The number of carbonyl (C=O) groups is 1. The molecule has 0 saturated carbocycles. The summed E-state index contributed by atoms with van der Waals surface area (Å²) in [5, 5.41) is 3.21. The van der Waals surface area contributed by atoms with Crippen molar-refractivity contribution in [3.05, 3.63) is 73.3 Å². The summed E-state index contributed by atoms with van der Waals surface area (Å²) in [6, 6.07) is 11.3. The summed E-state index contributed by atoms with van der Waals surface area (Å²) in [7, 11) is -3.72. The molecule has 1 aromatic heterocycles. The minimum atomic E-state index is -3.72. The highest BCUT2D eigenvalue weighted by molar-refractivity contribution is 7.89. The average molecular weight is 458 g/mol. The first kappa shape index (κ1) is 22.7. The minimum Gasteiger partial charge on any atom is -0.494 e. The lowest BCUT2D eigenvalue weighted by Crippen LogP contribution is -2.31. The predicted octanol–water partition coefficient (Wildman–Crippen LogP) is 4.31. The van der Waals surface area contributed by atoms with E-state index in [0.717, 1.165) is 16.0 Å². The zero-order valence-electron chi connectivity index (χ0n) is 17.1. The summed E-state index contributed by atoms with van der Waals surface area (Å²) in [5.74, 6) is 0.373. The van der Waals surface area contributed by atoms with Gasteiger partial charge < -0.3 is 4.74 Å². The molecule has 1 heterocycles. The highest BCUT2D eigenvalue weighted by Crippen LogP contribution is 2.29. The quantitative estimate of drug-likeness (QED) is 0.458. The molecular weight excluding hydrogens is 434 g/mol. The molecule has 3 rings (SSSR count). The van der Waals surface area contributed by atoms with Crippen molar-refractivity contribution in [2.45, 2.75) is 11.8 Å². The molecule has 0 saturated heterocycles. The van der Waals surface area contributed by atoms with Gasteiger partial charge >= 0.3 is 0 Å². The second kappa shape index (κ2) is 9.86. The normalized spacial score (nSPS) is 11.4. The zero-order valence-corrected chi connectivity index (χ0v) is 18.7. The number of sulfonamides is 1. The van der Waals surface area contributed by atoms with Gasteiger partial charge in [0, 0.05) is 18.7 Å². The molecule has 0 aliphatic rings. The molecule has 9 heteroatoms. The molecule has 0 fully saturated rings. The van der Waals surface area contributed by atoms with E-state index in [2.05, 4.69) is 23.5 Å². The molecule has 0 aliphatic heterocycles.